The number of nitrogens with zero attached hydrogens (tertiary/aromatic N) is 7. The summed E-state index contributed by atoms with van der Waals surface area (Å²) in [5.41, 5.74) is 4.63. The minimum Gasteiger partial charge on any atom is -0.367 e. The highest BCUT2D eigenvalue weighted by Crippen LogP contribution is 2.33. The van der Waals surface area contributed by atoms with Crippen molar-refractivity contribution in [3.63, 3.8) is 0 Å². The molecule has 1 amide bonds. The molecule has 0 spiro atoms. The lowest BCUT2D eigenvalue weighted by molar-refractivity contribution is -0.126. The van der Waals surface area contributed by atoms with Crippen LogP contribution in [0.15, 0.2) is 55.4 Å². The number of nitrogens with one attached hydrogen (secondary N) is 2. The molecule has 0 unspecified atom stereocenters. The maximum atomic E-state index is 12.9. The van der Waals surface area contributed by atoms with Crippen LogP contribution in [0.1, 0.15) is 40.2 Å². The predicted molar refractivity (Wildman–Crippen MR) is 175 cm³/mol. The highest BCUT2D eigenvalue weighted by Gasteiger charge is 2.29. The van der Waals surface area contributed by atoms with Gasteiger partial charge in [-0.1, -0.05) is 12.6 Å². The Bertz CT molecular complexity index is 1970. The van der Waals surface area contributed by atoms with Crippen LogP contribution >= 0.6 is 11.3 Å². The SMILES string of the molecule is C=CC(=O)Nc1ccc(CCn2c(C#N)cc3c(C)c(CN4CCC(Nc5ncnc6sc(CC(F)(F)F)cc56)CC4)ccc32)nn1. The van der Waals surface area contributed by atoms with Crippen molar-refractivity contribution in [1.82, 2.24) is 29.6 Å². The van der Waals surface area contributed by atoms with E-state index in [9.17, 15) is 23.2 Å². The first kappa shape index (κ1) is 32.1. The largest absolute Gasteiger partial charge is 0.393 e. The summed E-state index contributed by atoms with van der Waals surface area (Å²) in [7, 11) is 0. The molecule has 47 heavy (non-hydrogen) atoms. The number of amides is 1. The minimum atomic E-state index is -4.27. The molecule has 1 aromatic carbocycles. The summed E-state index contributed by atoms with van der Waals surface area (Å²) in [5, 5.41) is 25.9. The van der Waals surface area contributed by atoms with E-state index in [1.165, 1.54) is 18.0 Å². The van der Waals surface area contributed by atoms with Crippen LogP contribution < -0.4 is 10.6 Å². The molecule has 6 rings (SSSR count). The number of anilines is 2. The quantitative estimate of drug-likeness (QED) is 0.171. The number of alkyl halides is 3. The van der Waals surface area contributed by atoms with Gasteiger partial charge in [-0.25, -0.2) is 9.97 Å². The second-order valence-electron chi connectivity index (χ2n) is 11.6. The summed E-state index contributed by atoms with van der Waals surface area (Å²) in [5.74, 6) is 0.571. The number of halogens is 3. The molecule has 0 saturated carbocycles. The number of rotatable bonds is 10. The average Bonchev–Trinajstić information content (AvgIpc) is 3.63. The first-order chi connectivity index (χ1) is 22.6. The van der Waals surface area contributed by atoms with Crippen molar-refractivity contribution in [2.45, 2.75) is 57.9 Å². The number of carbonyl (C=O) groups excluding carboxylic acids is 1. The molecule has 242 valence electrons. The van der Waals surface area contributed by atoms with Gasteiger partial charge in [0, 0.05) is 54.4 Å². The molecule has 2 N–H and O–H groups in total. The molecule has 0 atom stereocenters. The van der Waals surface area contributed by atoms with E-state index >= 15 is 0 Å². The fraction of sp³-hybridized carbons (Fsp3) is 0.333. The molecule has 1 aliphatic rings. The molecule has 0 radical (unpaired) electrons. The van der Waals surface area contributed by atoms with Crippen molar-refractivity contribution >= 4 is 50.0 Å². The number of benzene rings is 1. The summed E-state index contributed by atoms with van der Waals surface area (Å²) in [4.78, 5) is 23.2. The third-order valence-corrected chi connectivity index (χ3v) is 9.45. The third-order valence-electron chi connectivity index (χ3n) is 8.41. The van der Waals surface area contributed by atoms with E-state index in [0.29, 0.717) is 40.5 Å². The second-order valence-corrected chi connectivity index (χ2v) is 12.7. The summed E-state index contributed by atoms with van der Waals surface area (Å²) in [6.45, 7) is 8.55. The van der Waals surface area contributed by atoms with Crippen molar-refractivity contribution in [2.24, 2.45) is 0 Å². The molecule has 1 aliphatic heterocycles. The van der Waals surface area contributed by atoms with Crippen LogP contribution in [0, 0.1) is 18.3 Å². The number of hydrogen-bond donors (Lipinski definition) is 2. The van der Waals surface area contributed by atoms with Gasteiger partial charge in [-0.2, -0.15) is 23.5 Å². The highest BCUT2D eigenvalue weighted by atomic mass is 32.1. The zero-order chi connectivity index (χ0) is 33.1. The van der Waals surface area contributed by atoms with Crippen LogP contribution in [-0.4, -0.2) is 60.8 Å². The topological polar surface area (TPSA) is 125 Å². The number of thiophene rings is 1. The van der Waals surface area contributed by atoms with Gasteiger partial charge < -0.3 is 15.2 Å². The van der Waals surface area contributed by atoms with Crippen molar-refractivity contribution in [3.05, 3.63) is 82.8 Å². The fourth-order valence-electron chi connectivity index (χ4n) is 5.96. The Balaban J connectivity index is 1.08. The van der Waals surface area contributed by atoms with Gasteiger partial charge in [0.2, 0.25) is 5.91 Å². The van der Waals surface area contributed by atoms with Crippen molar-refractivity contribution in [2.75, 3.05) is 23.7 Å². The van der Waals surface area contributed by atoms with Crippen molar-refractivity contribution < 1.29 is 18.0 Å². The van der Waals surface area contributed by atoms with Crippen LogP contribution in [0.5, 0.6) is 0 Å². The molecule has 4 aromatic heterocycles. The lowest BCUT2D eigenvalue weighted by atomic mass is 10.0. The van der Waals surface area contributed by atoms with Gasteiger partial charge in [0.25, 0.3) is 0 Å². The zero-order valence-electron chi connectivity index (χ0n) is 25.6. The maximum Gasteiger partial charge on any atom is 0.393 e. The van der Waals surface area contributed by atoms with Crippen molar-refractivity contribution in [1.29, 1.82) is 5.26 Å². The zero-order valence-corrected chi connectivity index (χ0v) is 26.5. The van der Waals surface area contributed by atoms with E-state index in [-0.39, 0.29) is 16.8 Å². The first-order valence-corrected chi connectivity index (χ1v) is 16.0. The molecule has 5 aromatic rings. The van der Waals surface area contributed by atoms with E-state index in [2.05, 4.69) is 67.4 Å². The van der Waals surface area contributed by atoms with E-state index < -0.39 is 12.6 Å². The predicted octanol–water partition coefficient (Wildman–Crippen LogP) is 6.16. The Labute approximate surface area is 273 Å². The number of piperidine rings is 1. The molecular formula is C33H32F3N9OS. The van der Waals surface area contributed by atoms with E-state index in [1.807, 2.05) is 10.6 Å². The van der Waals surface area contributed by atoms with Crippen molar-refractivity contribution in [3.8, 4) is 6.07 Å². The molecule has 0 bridgehead atoms. The average molecular weight is 660 g/mol. The number of aryl methyl sites for hydroxylation is 3. The highest BCUT2D eigenvalue weighted by molar-refractivity contribution is 7.18. The van der Waals surface area contributed by atoms with Gasteiger partial charge in [-0.3, -0.25) is 9.69 Å². The van der Waals surface area contributed by atoms with Gasteiger partial charge >= 0.3 is 6.18 Å². The summed E-state index contributed by atoms with van der Waals surface area (Å²) in [6.07, 6.45) is -0.375. The smallest absolute Gasteiger partial charge is 0.367 e. The van der Waals surface area contributed by atoms with Crippen LogP contribution in [0.2, 0.25) is 0 Å². The molecule has 1 saturated heterocycles. The Morgan fingerprint density at radius 1 is 1.15 bits per heavy atom. The van der Waals surface area contributed by atoms with E-state index in [0.717, 1.165) is 66.0 Å². The molecule has 14 heteroatoms. The van der Waals surface area contributed by atoms with E-state index in [1.54, 1.807) is 18.2 Å². The number of fused-ring (bicyclic) bond motifs is 2. The normalized spacial score (nSPS) is 14.4. The number of likely N-dealkylation sites (tertiary alicyclic amines) is 1. The number of carbonyl (C=O) groups is 1. The molecule has 1 fully saturated rings. The first-order valence-electron chi connectivity index (χ1n) is 15.2. The number of aromatic nitrogens is 5. The van der Waals surface area contributed by atoms with Crippen LogP contribution in [-0.2, 0) is 30.7 Å². The summed E-state index contributed by atoms with van der Waals surface area (Å²) >= 11 is 1.05. The van der Waals surface area contributed by atoms with Gasteiger partial charge in [-0.05, 0) is 67.3 Å². The molecule has 10 nitrogen and oxygen atoms in total. The molecular weight excluding hydrogens is 627 g/mol. The third kappa shape index (κ3) is 7.42. The van der Waals surface area contributed by atoms with Crippen LogP contribution in [0.3, 0.4) is 0 Å². The standard InChI is InChI=1S/C33H32F3N9OS/c1-3-30(46)41-29-7-5-23(42-43-29)10-13-45-24(17-37)14-26-20(2)21(4-6-28(26)45)18-44-11-8-22(9-12-44)40-31-27-15-25(16-33(34,35)36)47-32(27)39-19-38-31/h3-7,14-15,19,22H,1,8-13,16,18H2,2H3,(H,38,39,40)(H,41,43,46). The lowest BCUT2D eigenvalue weighted by Crippen LogP contribution is -2.39. The molecule has 0 aliphatic carbocycles. The second kappa shape index (κ2) is 13.5. The van der Waals surface area contributed by atoms with Gasteiger partial charge in [0.1, 0.15) is 28.7 Å². The number of nitriles is 1. The monoisotopic (exact) mass is 659 g/mol. The van der Waals surface area contributed by atoms with Crippen LogP contribution in [0.25, 0.3) is 21.1 Å². The van der Waals surface area contributed by atoms with Crippen LogP contribution in [0.4, 0.5) is 24.8 Å². The summed E-state index contributed by atoms with van der Waals surface area (Å²) < 4.78 is 40.8. The lowest BCUT2D eigenvalue weighted by Gasteiger charge is -2.33. The Kier molecular flexibility index (Phi) is 9.19. The fourth-order valence-corrected chi connectivity index (χ4v) is 6.99. The van der Waals surface area contributed by atoms with Gasteiger partial charge in [0.15, 0.2) is 5.82 Å². The minimum absolute atomic E-state index is 0.151. The van der Waals surface area contributed by atoms with Gasteiger partial charge in [-0.15, -0.1) is 16.4 Å². The Morgan fingerprint density at radius 2 is 1.96 bits per heavy atom. The number of hydrogen-bond acceptors (Lipinski definition) is 9. The Morgan fingerprint density at radius 3 is 2.66 bits per heavy atom. The maximum absolute atomic E-state index is 12.9. The van der Waals surface area contributed by atoms with E-state index in [4.69, 9.17) is 0 Å². The Hall–Kier alpha value is -4.87. The van der Waals surface area contributed by atoms with Gasteiger partial charge in [0.05, 0.1) is 17.5 Å². The summed E-state index contributed by atoms with van der Waals surface area (Å²) in [6, 6.07) is 13.7. The molecule has 5 heterocycles.